The van der Waals surface area contributed by atoms with Gasteiger partial charge >= 0.3 is 0 Å². The number of aliphatic hydroxyl groups excluding tert-OH is 1. The summed E-state index contributed by atoms with van der Waals surface area (Å²) in [5.74, 6) is 0. The van der Waals surface area contributed by atoms with Crippen molar-refractivity contribution in [1.82, 2.24) is 0 Å². The second-order valence-electron chi connectivity index (χ2n) is 4.29. The molecule has 0 aliphatic heterocycles. The monoisotopic (exact) mass is 243 g/mol. The summed E-state index contributed by atoms with van der Waals surface area (Å²) in [5, 5.41) is 9.02. The zero-order chi connectivity index (χ0) is 13.4. The van der Waals surface area contributed by atoms with Crippen molar-refractivity contribution < 1.29 is 5.11 Å². The Morgan fingerprint density at radius 1 is 0.778 bits per heavy atom. The summed E-state index contributed by atoms with van der Waals surface area (Å²) in [6, 6.07) is 19.8. The Morgan fingerprint density at radius 3 is 1.39 bits per heavy atom. The quantitative estimate of drug-likeness (QED) is 0.848. The molecule has 2 aromatic rings. The van der Waals surface area contributed by atoms with Crippen LogP contribution in [0.4, 0.5) is 0 Å². The Labute approximate surface area is 109 Å². The zero-order valence-electron chi connectivity index (χ0n) is 11.0. The molecule has 96 valence electrons. The van der Waals surface area contributed by atoms with Gasteiger partial charge in [-0.3, -0.25) is 0 Å². The summed E-state index contributed by atoms with van der Waals surface area (Å²) in [5.41, 5.74) is 7.78. The maximum Gasteiger partial charge on any atom is 0.0761 e. The predicted octanol–water partition coefficient (Wildman–Crippen LogP) is 3.45. The summed E-state index contributed by atoms with van der Waals surface area (Å²) in [7, 11) is 0. The first-order valence-electron chi connectivity index (χ1n) is 6.14. The highest BCUT2D eigenvalue weighted by Crippen LogP contribution is 2.09. The summed E-state index contributed by atoms with van der Waals surface area (Å²) < 4.78 is 0. The smallest absolute Gasteiger partial charge is 0.0761 e. The summed E-state index contributed by atoms with van der Waals surface area (Å²) in [6.45, 7) is 3.74. The Bertz CT molecular complexity index is 380. The molecule has 2 atom stereocenters. The van der Waals surface area contributed by atoms with E-state index in [1.807, 2.05) is 67.6 Å². The fraction of sp³-hybridized carbons (Fsp3) is 0.250. The second-order valence-corrected chi connectivity index (χ2v) is 4.29. The van der Waals surface area contributed by atoms with E-state index in [2.05, 4.69) is 0 Å². The van der Waals surface area contributed by atoms with Crippen LogP contribution in [0.5, 0.6) is 0 Å². The van der Waals surface area contributed by atoms with Gasteiger partial charge in [-0.15, -0.1) is 0 Å². The molecule has 0 amide bonds. The highest BCUT2D eigenvalue weighted by molar-refractivity contribution is 5.17. The van der Waals surface area contributed by atoms with Gasteiger partial charge in [0.15, 0.2) is 0 Å². The maximum absolute atomic E-state index is 9.02. The van der Waals surface area contributed by atoms with Crippen LogP contribution in [0.1, 0.15) is 37.1 Å². The molecule has 0 aliphatic rings. The Hall–Kier alpha value is -1.64. The molecule has 0 saturated heterocycles. The minimum atomic E-state index is -0.341. The van der Waals surface area contributed by atoms with Crippen LogP contribution >= 0.6 is 0 Å². The molecule has 0 saturated carbocycles. The predicted molar refractivity (Wildman–Crippen MR) is 76.1 cm³/mol. The molecule has 0 heterocycles. The molecule has 3 N–H and O–H groups in total. The molecular formula is C16H21NO. The van der Waals surface area contributed by atoms with Gasteiger partial charge in [0.2, 0.25) is 0 Å². The Balaban J connectivity index is 0.000000180. The Morgan fingerprint density at radius 2 is 1.17 bits per heavy atom. The number of hydrogen-bond donors (Lipinski definition) is 2. The molecule has 2 rings (SSSR count). The van der Waals surface area contributed by atoms with Crippen LogP contribution in [0.15, 0.2) is 60.7 Å². The molecule has 0 spiro atoms. The minimum absolute atomic E-state index is 0.159. The molecule has 0 fully saturated rings. The second kappa shape index (κ2) is 7.64. The molecule has 0 bridgehead atoms. The fourth-order valence-corrected chi connectivity index (χ4v) is 1.49. The van der Waals surface area contributed by atoms with Crippen molar-refractivity contribution in [1.29, 1.82) is 0 Å². The van der Waals surface area contributed by atoms with E-state index in [1.54, 1.807) is 6.92 Å². The van der Waals surface area contributed by atoms with Crippen LogP contribution in [0, 0.1) is 0 Å². The van der Waals surface area contributed by atoms with Crippen LogP contribution in [-0.4, -0.2) is 5.11 Å². The molecule has 18 heavy (non-hydrogen) atoms. The van der Waals surface area contributed by atoms with E-state index in [0.717, 1.165) is 5.56 Å². The van der Waals surface area contributed by atoms with E-state index in [4.69, 9.17) is 10.8 Å². The molecular weight excluding hydrogens is 222 g/mol. The van der Waals surface area contributed by atoms with Crippen LogP contribution in [0.2, 0.25) is 0 Å². The van der Waals surface area contributed by atoms with Crippen molar-refractivity contribution in [2.24, 2.45) is 5.73 Å². The summed E-state index contributed by atoms with van der Waals surface area (Å²) >= 11 is 0. The molecule has 2 aromatic carbocycles. The third-order valence-corrected chi connectivity index (χ3v) is 2.61. The van der Waals surface area contributed by atoms with Crippen molar-refractivity contribution in [3.05, 3.63) is 71.8 Å². The van der Waals surface area contributed by atoms with Gasteiger partial charge in [0.25, 0.3) is 0 Å². The molecule has 0 aromatic heterocycles. The maximum atomic E-state index is 9.02. The standard InChI is InChI=1S/C8H11N.C8H10O/c2*1-7(9)8-5-3-2-4-6-8/h2-7H,9H2,1H3;2-7,9H,1H3/t7-;/m0./s1. The van der Waals surface area contributed by atoms with Gasteiger partial charge in [0.05, 0.1) is 6.10 Å². The molecule has 0 radical (unpaired) electrons. The number of nitrogens with two attached hydrogens (primary N) is 1. The van der Waals surface area contributed by atoms with E-state index in [0.29, 0.717) is 0 Å². The van der Waals surface area contributed by atoms with Crippen molar-refractivity contribution in [2.75, 3.05) is 0 Å². The van der Waals surface area contributed by atoms with Gasteiger partial charge in [-0.05, 0) is 25.0 Å². The van der Waals surface area contributed by atoms with Crippen molar-refractivity contribution in [3.63, 3.8) is 0 Å². The van der Waals surface area contributed by atoms with Gasteiger partial charge in [-0.1, -0.05) is 60.7 Å². The van der Waals surface area contributed by atoms with E-state index >= 15 is 0 Å². The minimum Gasteiger partial charge on any atom is -0.389 e. The third kappa shape index (κ3) is 5.13. The summed E-state index contributed by atoms with van der Waals surface area (Å²) in [6.07, 6.45) is -0.341. The first-order valence-corrected chi connectivity index (χ1v) is 6.14. The van der Waals surface area contributed by atoms with Gasteiger partial charge in [0.1, 0.15) is 0 Å². The number of aliphatic hydroxyl groups is 1. The number of benzene rings is 2. The SMILES string of the molecule is CC(O)c1ccccc1.C[C@H](N)c1ccccc1. The average Bonchev–Trinajstić information content (AvgIpc) is 2.41. The van der Waals surface area contributed by atoms with Gasteiger partial charge < -0.3 is 10.8 Å². The Kier molecular flexibility index (Phi) is 6.12. The highest BCUT2D eigenvalue weighted by atomic mass is 16.3. The lowest BCUT2D eigenvalue weighted by Crippen LogP contribution is -2.03. The average molecular weight is 243 g/mol. The van der Waals surface area contributed by atoms with E-state index in [9.17, 15) is 0 Å². The molecule has 2 nitrogen and oxygen atoms in total. The third-order valence-electron chi connectivity index (χ3n) is 2.61. The normalized spacial score (nSPS) is 13.1. The summed E-state index contributed by atoms with van der Waals surface area (Å²) in [4.78, 5) is 0. The van der Waals surface area contributed by atoms with Crippen molar-refractivity contribution >= 4 is 0 Å². The van der Waals surface area contributed by atoms with E-state index in [-0.39, 0.29) is 12.1 Å². The van der Waals surface area contributed by atoms with Crippen molar-refractivity contribution in [2.45, 2.75) is 26.0 Å². The van der Waals surface area contributed by atoms with E-state index in [1.165, 1.54) is 5.56 Å². The number of hydrogen-bond acceptors (Lipinski definition) is 2. The first kappa shape index (κ1) is 14.4. The van der Waals surface area contributed by atoms with Gasteiger partial charge in [-0.2, -0.15) is 0 Å². The topological polar surface area (TPSA) is 46.2 Å². The lowest BCUT2D eigenvalue weighted by molar-refractivity contribution is 0.199. The van der Waals surface area contributed by atoms with Crippen LogP contribution in [0.3, 0.4) is 0 Å². The van der Waals surface area contributed by atoms with Gasteiger partial charge in [0, 0.05) is 6.04 Å². The lowest BCUT2D eigenvalue weighted by atomic mass is 10.1. The van der Waals surface area contributed by atoms with Crippen LogP contribution in [-0.2, 0) is 0 Å². The fourth-order valence-electron chi connectivity index (χ4n) is 1.49. The largest absolute Gasteiger partial charge is 0.389 e. The first-order chi connectivity index (χ1) is 8.61. The molecule has 0 aliphatic carbocycles. The molecule has 1 unspecified atom stereocenters. The zero-order valence-corrected chi connectivity index (χ0v) is 11.0. The van der Waals surface area contributed by atoms with E-state index < -0.39 is 0 Å². The van der Waals surface area contributed by atoms with Crippen LogP contribution < -0.4 is 5.73 Å². The van der Waals surface area contributed by atoms with Crippen molar-refractivity contribution in [3.8, 4) is 0 Å². The van der Waals surface area contributed by atoms with Crippen LogP contribution in [0.25, 0.3) is 0 Å². The highest BCUT2D eigenvalue weighted by Gasteiger charge is 1.95. The number of rotatable bonds is 2. The lowest BCUT2D eigenvalue weighted by Gasteiger charge is -2.02. The molecule has 2 heteroatoms. The van der Waals surface area contributed by atoms with Gasteiger partial charge in [-0.25, -0.2) is 0 Å².